The van der Waals surface area contributed by atoms with Gasteiger partial charge in [0, 0.05) is 6.08 Å². The third kappa shape index (κ3) is 3.97. The molecule has 2 nitrogen and oxygen atoms in total. The first-order chi connectivity index (χ1) is 7.61. The molecule has 1 rings (SSSR count). The van der Waals surface area contributed by atoms with E-state index in [-0.39, 0.29) is 5.82 Å². The highest BCUT2D eigenvalue weighted by Crippen LogP contribution is 2.05. The molecule has 0 radical (unpaired) electrons. The van der Waals surface area contributed by atoms with Crippen LogP contribution in [0.4, 0.5) is 4.39 Å². The lowest BCUT2D eigenvalue weighted by Crippen LogP contribution is -2.10. The summed E-state index contributed by atoms with van der Waals surface area (Å²) in [5.74, 6) is 1.44. The van der Waals surface area contributed by atoms with Gasteiger partial charge in [0.05, 0.1) is 0 Å². The van der Waals surface area contributed by atoms with Crippen LogP contribution in [-0.2, 0) is 9.53 Å². The van der Waals surface area contributed by atoms with E-state index < -0.39 is 12.1 Å². The Morgan fingerprint density at radius 3 is 2.69 bits per heavy atom. The number of benzene rings is 1. The summed E-state index contributed by atoms with van der Waals surface area (Å²) < 4.78 is 17.4. The standard InChI is InChI=1S/C13H11FO2/c1-3-10(2)16-13(15)9-6-11-4-7-12(14)8-5-11/h1,4-10H,2H3/b9-6+. The average Bonchev–Trinajstić information content (AvgIpc) is 2.28. The molecular weight excluding hydrogens is 207 g/mol. The van der Waals surface area contributed by atoms with Gasteiger partial charge in [-0.25, -0.2) is 9.18 Å². The van der Waals surface area contributed by atoms with E-state index in [0.717, 1.165) is 0 Å². The number of hydrogen-bond donors (Lipinski definition) is 0. The van der Waals surface area contributed by atoms with E-state index in [4.69, 9.17) is 11.2 Å². The predicted octanol–water partition coefficient (Wildman–Crippen LogP) is 2.40. The van der Waals surface area contributed by atoms with E-state index in [1.165, 1.54) is 24.3 Å². The summed E-state index contributed by atoms with van der Waals surface area (Å²) in [5.41, 5.74) is 0.715. The summed E-state index contributed by atoms with van der Waals surface area (Å²) in [6.45, 7) is 1.60. The summed E-state index contributed by atoms with van der Waals surface area (Å²) in [4.78, 5) is 11.2. The molecule has 1 aromatic carbocycles. The van der Waals surface area contributed by atoms with Crippen LogP contribution >= 0.6 is 0 Å². The molecule has 1 unspecified atom stereocenters. The number of ether oxygens (including phenoxy) is 1. The van der Waals surface area contributed by atoms with Crippen LogP contribution in [0.5, 0.6) is 0 Å². The van der Waals surface area contributed by atoms with E-state index in [9.17, 15) is 9.18 Å². The van der Waals surface area contributed by atoms with Gasteiger partial charge in [0.1, 0.15) is 5.82 Å². The molecule has 0 spiro atoms. The van der Waals surface area contributed by atoms with Crippen molar-refractivity contribution < 1.29 is 13.9 Å². The molecule has 1 aromatic rings. The van der Waals surface area contributed by atoms with Crippen LogP contribution in [-0.4, -0.2) is 12.1 Å². The van der Waals surface area contributed by atoms with Gasteiger partial charge in [-0.3, -0.25) is 0 Å². The molecule has 0 saturated carbocycles. The highest BCUT2D eigenvalue weighted by molar-refractivity contribution is 5.87. The molecule has 0 amide bonds. The van der Waals surface area contributed by atoms with E-state index in [1.807, 2.05) is 0 Å². The second-order valence-electron chi connectivity index (χ2n) is 3.13. The zero-order valence-corrected chi connectivity index (χ0v) is 8.81. The van der Waals surface area contributed by atoms with Gasteiger partial charge >= 0.3 is 5.97 Å². The van der Waals surface area contributed by atoms with Gasteiger partial charge in [0.15, 0.2) is 6.10 Å². The van der Waals surface area contributed by atoms with E-state index >= 15 is 0 Å². The van der Waals surface area contributed by atoms with Crippen LogP contribution in [0.3, 0.4) is 0 Å². The molecule has 0 aromatic heterocycles. The van der Waals surface area contributed by atoms with Crippen LogP contribution in [0.1, 0.15) is 12.5 Å². The highest BCUT2D eigenvalue weighted by atomic mass is 19.1. The molecule has 0 N–H and O–H groups in total. The number of halogens is 1. The fourth-order valence-corrected chi connectivity index (χ4v) is 0.986. The maximum atomic E-state index is 12.6. The van der Waals surface area contributed by atoms with Crippen molar-refractivity contribution in [2.75, 3.05) is 0 Å². The minimum absolute atomic E-state index is 0.319. The number of rotatable bonds is 3. The fourth-order valence-electron chi connectivity index (χ4n) is 0.986. The first-order valence-electron chi connectivity index (χ1n) is 4.72. The Morgan fingerprint density at radius 1 is 1.50 bits per heavy atom. The van der Waals surface area contributed by atoms with Crippen molar-refractivity contribution in [3.8, 4) is 12.3 Å². The van der Waals surface area contributed by atoms with Crippen LogP contribution in [0.25, 0.3) is 6.08 Å². The van der Waals surface area contributed by atoms with Gasteiger partial charge < -0.3 is 4.74 Å². The minimum atomic E-state index is -0.551. The molecule has 3 heteroatoms. The van der Waals surface area contributed by atoms with Gasteiger partial charge in [-0.1, -0.05) is 18.1 Å². The summed E-state index contributed by atoms with van der Waals surface area (Å²) in [6.07, 6.45) is 7.28. The SMILES string of the molecule is C#CC(C)OC(=O)/C=C/c1ccc(F)cc1. The zero-order valence-electron chi connectivity index (χ0n) is 8.81. The number of hydrogen-bond acceptors (Lipinski definition) is 2. The monoisotopic (exact) mass is 218 g/mol. The first-order valence-corrected chi connectivity index (χ1v) is 4.72. The van der Waals surface area contributed by atoms with Gasteiger partial charge in [0.25, 0.3) is 0 Å². The van der Waals surface area contributed by atoms with Crippen molar-refractivity contribution >= 4 is 12.0 Å². The van der Waals surface area contributed by atoms with Crippen molar-refractivity contribution in [2.24, 2.45) is 0 Å². The van der Waals surface area contributed by atoms with Crippen molar-refractivity contribution in [1.29, 1.82) is 0 Å². The number of carbonyl (C=O) groups excluding carboxylic acids is 1. The largest absolute Gasteiger partial charge is 0.446 e. The van der Waals surface area contributed by atoms with E-state index in [2.05, 4.69) is 5.92 Å². The minimum Gasteiger partial charge on any atom is -0.446 e. The summed E-state index contributed by atoms with van der Waals surface area (Å²) in [7, 11) is 0. The third-order valence-corrected chi connectivity index (χ3v) is 1.81. The molecule has 0 fully saturated rings. The van der Waals surface area contributed by atoms with Gasteiger partial charge in [-0.2, -0.15) is 0 Å². The summed E-state index contributed by atoms with van der Waals surface area (Å²) in [6, 6.07) is 5.75. The Hall–Kier alpha value is -2.08. The Morgan fingerprint density at radius 2 is 2.12 bits per heavy atom. The molecule has 0 aliphatic heterocycles. The first kappa shape index (κ1) is 12.0. The van der Waals surface area contributed by atoms with Gasteiger partial charge in [-0.05, 0) is 30.7 Å². The lowest BCUT2D eigenvalue weighted by molar-refractivity contribution is -0.139. The van der Waals surface area contributed by atoms with Crippen molar-refractivity contribution in [3.05, 3.63) is 41.7 Å². The highest BCUT2D eigenvalue weighted by Gasteiger charge is 2.01. The quantitative estimate of drug-likeness (QED) is 0.442. The molecule has 0 saturated heterocycles. The molecule has 0 bridgehead atoms. The van der Waals surface area contributed by atoms with Gasteiger partial charge in [0.2, 0.25) is 0 Å². The smallest absolute Gasteiger partial charge is 0.331 e. The topological polar surface area (TPSA) is 26.3 Å². The van der Waals surface area contributed by atoms with E-state index in [0.29, 0.717) is 5.56 Å². The van der Waals surface area contributed by atoms with Crippen molar-refractivity contribution in [3.63, 3.8) is 0 Å². The zero-order chi connectivity index (χ0) is 12.0. The number of carbonyl (C=O) groups is 1. The average molecular weight is 218 g/mol. The molecule has 82 valence electrons. The normalized spacial score (nSPS) is 12.1. The Labute approximate surface area is 93.7 Å². The van der Waals surface area contributed by atoms with Crippen LogP contribution in [0.15, 0.2) is 30.3 Å². The van der Waals surface area contributed by atoms with Crippen molar-refractivity contribution in [1.82, 2.24) is 0 Å². The Kier molecular flexibility index (Phi) is 4.28. The number of esters is 1. The van der Waals surface area contributed by atoms with Crippen molar-refractivity contribution in [2.45, 2.75) is 13.0 Å². The molecule has 16 heavy (non-hydrogen) atoms. The van der Waals surface area contributed by atoms with E-state index in [1.54, 1.807) is 19.1 Å². The van der Waals surface area contributed by atoms with Crippen LogP contribution < -0.4 is 0 Å². The molecule has 0 aliphatic carbocycles. The second-order valence-corrected chi connectivity index (χ2v) is 3.13. The summed E-state index contributed by atoms with van der Waals surface area (Å²) >= 11 is 0. The second kappa shape index (κ2) is 5.72. The third-order valence-electron chi connectivity index (χ3n) is 1.81. The lowest BCUT2D eigenvalue weighted by Gasteiger charge is -2.03. The van der Waals surface area contributed by atoms with Crippen LogP contribution in [0, 0.1) is 18.2 Å². The maximum absolute atomic E-state index is 12.6. The summed E-state index contributed by atoms with van der Waals surface area (Å²) in [5, 5.41) is 0. The molecule has 0 heterocycles. The molecule has 0 aliphatic rings. The Balaban J connectivity index is 2.57. The molecule has 1 atom stereocenters. The number of terminal acetylenes is 1. The fraction of sp³-hybridized carbons (Fsp3) is 0.154. The lowest BCUT2D eigenvalue weighted by atomic mass is 10.2. The van der Waals surface area contributed by atoms with Crippen LogP contribution in [0.2, 0.25) is 0 Å². The predicted molar refractivity (Wildman–Crippen MR) is 59.8 cm³/mol. The molecular formula is C13H11FO2. The maximum Gasteiger partial charge on any atom is 0.331 e. The van der Waals surface area contributed by atoms with Gasteiger partial charge in [-0.15, -0.1) is 6.42 Å². The Bertz CT molecular complexity index is 426.